The first-order chi connectivity index (χ1) is 14.2. The average Bonchev–Trinajstić information content (AvgIpc) is 3.40. The predicted molar refractivity (Wildman–Crippen MR) is 115 cm³/mol. The molecular formula is C22H20BrN5O. The lowest BCUT2D eigenvalue weighted by atomic mass is 9.95. The number of amides is 1. The zero-order valence-electron chi connectivity index (χ0n) is 15.8. The summed E-state index contributed by atoms with van der Waals surface area (Å²) >= 11 is 3.40. The molecule has 0 spiro atoms. The van der Waals surface area contributed by atoms with E-state index in [-0.39, 0.29) is 5.91 Å². The molecule has 7 heteroatoms. The van der Waals surface area contributed by atoms with Gasteiger partial charge in [0.05, 0.1) is 27.4 Å². The second kappa shape index (κ2) is 7.48. The highest BCUT2D eigenvalue weighted by atomic mass is 79.9. The van der Waals surface area contributed by atoms with Gasteiger partial charge in [0.25, 0.3) is 5.91 Å². The van der Waals surface area contributed by atoms with E-state index in [0.717, 1.165) is 52.9 Å². The first-order valence-corrected chi connectivity index (χ1v) is 10.5. The molecule has 0 radical (unpaired) electrons. The lowest BCUT2D eigenvalue weighted by molar-refractivity contribution is 0.0711. The molecule has 3 heterocycles. The van der Waals surface area contributed by atoms with Gasteiger partial charge >= 0.3 is 0 Å². The number of H-pyrrole nitrogens is 1. The Balaban J connectivity index is 1.25. The zero-order chi connectivity index (χ0) is 19.8. The van der Waals surface area contributed by atoms with E-state index < -0.39 is 0 Å². The monoisotopic (exact) mass is 449 g/mol. The van der Waals surface area contributed by atoms with E-state index >= 15 is 0 Å². The number of rotatable bonds is 3. The molecule has 0 bridgehead atoms. The standard InChI is InChI=1S/C22H20BrN5O/c23-17-13-24-28(14-17)18-7-5-16(6-8-18)22(29)27-11-9-15(10-12-27)21-25-19-3-1-2-4-20(19)26-21/h1-8,13-15H,9-12H2,(H,25,26). The van der Waals surface area contributed by atoms with Crippen molar-refractivity contribution in [3.63, 3.8) is 0 Å². The second-order valence-corrected chi connectivity index (χ2v) is 8.27. The van der Waals surface area contributed by atoms with E-state index in [2.05, 4.69) is 32.1 Å². The molecule has 0 aliphatic carbocycles. The summed E-state index contributed by atoms with van der Waals surface area (Å²) in [5, 5.41) is 4.27. The van der Waals surface area contributed by atoms with Gasteiger partial charge in [-0.1, -0.05) is 12.1 Å². The van der Waals surface area contributed by atoms with Crippen molar-refractivity contribution in [1.29, 1.82) is 0 Å². The minimum atomic E-state index is 0.0845. The molecule has 2 aromatic heterocycles. The van der Waals surface area contributed by atoms with Crippen molar-refractivity contribution in [3.05, 3.63) is 76.8 Å². The van der Waals surface area contributed by atoms with Crippen LogP contribution in [0.1, 0.15) is 34.9 Å². The molecule has 5 rings (SSSR count). The normalized spacial score (nSPS) is 15.1. The minimum Gasteiger partial charge on any atom is -0.342 e. The summed E-state index contributed by atoms with van der Waals surface area (Å²) in [7, 11) is 0. The molecule has 146 valence electrons. The van der Waals surface area contributed by atoms with Crippen molar-refractivity contribution in [3.8, 4) is 5.69 Å². The van der Waals surface area contributed by atoms with E-state index in [9.17, 15) is 4.79 Å². The van der Waals surface area contributed by atoms with Gasteiger partial charge < -0.3 is 9.88 Å². The number of hydrogen-bond acceptors (Lipinski definition) is 3. The van der Waals surface area contributed by atoms with Gasteiger partial charge in [-0.2, -0.15) is 5.10 Å². The number of nitrogens with zero attached hydrogens (tertiary/aromatic N) is 4. The number of halogens is 1. The van der Waals surface area contributed by atoms with E-state index in [1.807, 2.05) is 53.6 Å². The summed E-state index contributed by atoms with van der Waals surface area (Å²) in [6.45, 7) is 1.49. The zero-order valence-corrected chi connectivity index (χ0v) is 17.3. The highest BCUT2D eigenvalue weighted by Crippen LogP contribution is 2.28. The first kappa shape index (κ1) is 18.1. The molecule has 1 aliphatic rings. The van der Waals surface area contributed by atoms with E-state index in [4.69, 9.17) is 4.98 Å². The fraction of sp³-hybridized carbons (Fsp3) is 0.227. The Bertz CT molecular complexity index is 1120. The molecule has 0 atom stereocenters. The van der Waals surface area contributed by atoms with Crippen molar-refractivity contribution in [2.75, 3.05) is 13.1 Å². The Morgan fingerprint density at radius 3 is 2.52 bits per heavy atom. The van der Waals surface area contributed by atoms with E-state index in [1.165, 1.54) is 0 Å². The van der Waals surface area contributed by atoms with Crippen molar-refractivity contribution in [1.82, 2.24) is 24.6 Å². The third-order valence-electron chi connectivity index (χ3n) is 5.51. The van der Waals surface area contributed by atoms with Gasteiger partial charge in [-0.25, -0.2) is 9.67 Å². The fourth-order valence-corrected chi connectivity index (χ4v) is 4.19. The Kier molecular flexibility index (Phi) is 4.67. The van der Waals surface area contributed by atoms with Crippen molar-refractivity contribution >= 4 is 32.9 Å². The number of piperidine rings is 1. The summed E-state index contributed by atoms with van der Waals surface area (Å²) in [4.78, 5) is 23.0. The molecule has 1 amide bonds. The average molecular weight is 450 g/mol. The van der Waals surface area contributed by atoms with Crippen molar-refractivity contribution in [2.45, 2.75) is 18.8 Å². The number of imidazole rings is 1. The molecule has 29 heavy (non-hydrogen) atoms. The predicted octanol–water partition coefficient (Wildman–Crippen LogP) is 4.53. The Morgan fingerprint density at radius 2 is 1.83 bits per heavy atom. The van der Waals surface area contributed by atoms with Crippen molar-refractivity contribution < 1.29 is 4.79 Å². The van der Waals surface area contributed by atoms with Crippen molar-refractivity contribution in [2.24, 2.45) is 0 Å². The van der Waals surface area contributed by atoms with Gasteiger partial charge in [0.1, 0.15) is 5.82 Å². The smallest absolute Gasteiger partial charge is 0.253 e. The molecule has 1 saturated heterocycles. The molecule has 0 saturated carbocycles. The summed E-state index contributed by atoms with van der Waals surface area (Å²) in [6.07, 6.45) is 5.47. The van der Waals surface area contributed by atoms with Crippen LogP contribution in [0.2, 0.25) is 0 Å². The van der Waals surface area contributed by atoms with Crippen LogP contribution in [0.15, 0.2) is 65.4 Å². The SMILES string of the molecule is O=C(c1ccc(-n2cc(Br)cn2)cc1)N1CCC(c2nc3ccccc3[nH]2)CC1. The maximum absolute atomic E-state index is 12.9. The van der Waals surface area contributed by atoms with E-state index in [1.54, 1.807) is 10.9 Å². The number of para-hydroxylation sites is 2. The minimum absolute atomic E-state index is 0.0845. The molecule has 0 unspecified atom stereocenters. The topological polar surface area (TPSA) is 66.8 Å². The largest absolute Gasteiger partial charge is 0.342 e. The summed E-state index contributed by atoms with van der Waals surface area (Å²) < 4.78 is 2.70. The first-order valence-electron chi connectivity index (χ1n) is 9.72. The number of hydrogen-bond donors (Lipinski definition) is 1. The van der Waals surface area contributed by atoms with Crippen LogP contribution in [0.4, 0.5) is 0 Å². The fourth-order valence-electron chi connectivity index (χ4n) is 3.90. The summed E-state index contributed by atoms with van der Waals surface area (Å²) in [5.74, 6) is 1.49. The number of carbonyl (C=O) groups is 1. The van der Waals surface area contributed by atoms with Gasteiger partial charge in [-0.3, -0.25) is 4.79 Å². The number of aromatic nitrogens is 4. The van der Waals surface area contributed by atoms with Gasteiger partial charge in [-0.15, -0.1) is 0 Å². The van der Waals surface area contributed by atoms with Crippen LogP contribution in [-0.4, -0.2) is 43.6 Å². The van der Waals surface area contributed by atoms with Crippen LogP contribution < -0.4 is 0 Å². The number of fused-ring (bicyclic) bond motifs is 1. The van der Waals surface area contributed by atoms with E-state index in [0.29, 0.717) is 11.5 Å². The summed E-state index contributed by atoms with van der Waals surface area (Å²) in [6, 6.07) is 15.7. The van der Waals surface area contributed by atoms with Crippen LogP contribution in [-0.2, 0) is 0 Å². The third-order valence-corrected chi connectivity index (χ3v) is 5.92. The van der Waals surface area contributed by atoms with Crippen LogP contribution in [0.5, 0.6) is 0 Å². The quantitative estimate of drug-likeness (QED) is 0.499. The number of nitrogens with one attached hydrogen (secondary N) is 1. The van der Waals surface area contributed by atoms with Crippen LogP contribution in [0.25, 0.3) is 16.7 Å². The van der Waals surface area contributed by atoms with Crippen LogP contribution in [0.3, 0.4) is 0 Å². The van der Waals surface area contributed by atoms with Crippen LogP contribution in [0, 0.1) is 0 Å². The second-order valence-electron chi connectivity index (χ2n) is 7.36. The highest BCUT2D eigenvalue weighted by molar-refractivity contribution is 9.10. The molecule has 6 nitrogen and oxygen atoms in total. The maximum atomic E-state index is 12.9. The molecule has 1 aliphatic heterocycles. The molecule has 1 fully saturated rings. The lowest BCUT2D eigenvalue weighted by Gasteiger charge is -2.31. The van der Waals surface area contributed by atoms with Gasteiger partial charge in [0.15, 0.2) is 0 Å². The van der Waals surface area contributed by atoms with Gasteiger partial charge in [0.2, 0.25) is 0 Å². The Labute approximate surface area is 176 Å². The van der Waals surface area contributed by atoms with Crippen LogP contribution >= 0.6 is 15.9 Å². The third kappa shape index (κ3) is 3.58. The molecule has 4 aromatic rings. The Hall–Kier alpha value is -2.93. The van der Waals surface area contributed by atoms with Gasteiger partial charge in [-0.05, 0) is 65.2 Å². The molecule has 2 aromatic carbocycles. The number of likely N-dealkylation sites (tertiary alicyclic amines) is 1. The summed E-state index contributed by atoms with van der Waals surface area (Å²) in [5.41, 5.74) is 3.72. The maximum Gasteiger partial charge on any atom is 0.253 e. The lowest BCUT2D eigenvalue weighted by Crippen LogP contribution is -2.38. The Morgan fingerprint density at radius 1 is 1.07 bits per heavy atom. The van der Waals surface area contributed by atoms with Gasteiger partial charge in [0, 0.05) is 30.8 Å². The number of aromatic amines is 1. The number of benzene rings is 2. The molecular weight excluding hydrogens is 430 g/mol. The molecule has 1 N–H and O–H groups in total. The number of carbonyl (C=O) groups excluding carboxylic acids is 1. The highest BCUT2D eigenvalue weighted by Gasteiger charge is 2.26.